The molecule has 0 bridgehead atoms. The van der Waals surface area contributed by atoms with Crippen molar-refractivity contribution in [1.82, 2.24) is 10.2 Å². The largest absolute Gasteiger partial charge is 0.325 e. The van der Waals surface area contributed by atoms with E-state index in [1.165, 1.54) is 0 Å². The number of benzene rings is 3. The highest BCUT2D eigenvalue weighted by atomic mass is 16.2. The molecule has 0 saturated carbocycles. The van der Waals surface area contributed by atoms with Crippen molar-refractivity contribution in [3.8, 4) is 0 Å². The van der Waals surface area contributed by atoms with Crippen molar-refractivity contribution in [3.63, 3.8) is 0 Å². The maximum absolute atomic E-state index is 13.3. The molecule has 2 N–H and O–H groups in total. The fourth-order valence-electron chi connectivity index (χ4n) is 4.67. The maximum atomic E-state index is 13.3. The lowest BCUT2D eigenvalue weighted by Gasteiger charge is -2.24. The van der Waals surface area contributed by atoms with Gasteiger partial charge in [-0.2, -0.15) is 0 Å². The summed E-state index contributed by atoms with van der Waals surface area (Å²) in [4.78, 5) is 53.2. The predicted octanol–water partition coefficient (Wildman–Crippen LogP) is 3.37. The number of carbonyl (C=O) groups excluding carboxylic acids is 4. The number of anilines is 2. The molecule has 5 amide bonds. The average Bonchev–Trinajstić information content (AvgIpc) is 3.36. The van der Waals surface area contributed by atoms with E-state index in [0.717, 1.165) is 27.8 Å². The molecule has 3 aromatic carbocycles. The van der Waals surface area contributed by atoms with Crippen LogP contribution < -0.4 is 15.5 Å². The number of rotatable bonds is 5. The van der Waals surface area contributed by atoms with Crippen molar-refractivity contribution in [2.75, 3.05) is 23.3 Å². The van der Waals surface area contributed by atoms with Crippen LogP contribution in [0.25, 0.3) is 10.8 Å². The summed E-state index contributed by atoms with van der Waals surface area (Å²) in [7, 11) is 0. The molecular weight excluding hydrogens is 432 g/mol. The summed E-state index contributed by atoms with van der Waals surface area (Å²) < 4.78 is 0. The summed E-state index contributed by atoms with van der Waals surface area (Å²) >= 11 is 0. The van der Waals surface area contributed by atoms with E-state index in [0.29, 0.717) is 24.2 Å². The molecule has 0 unspecified atom stereocenters. The minimum Gasteiger partial charge on any atom is -0.325 e. The first kappa shape index (κ1) is 21.6. The van der Waals surface area contributed by atoms with Gasteiger partial charge in [-0.3, -0.25) is 19.3 Å². The van der Waals surface area contributed by atoms with Gasteiger partial charge in [0.25, 0.3) is 5.91 Å². The van der Waals surface area contributed by atoms with Crippen molar-refractivity contribution in [2.45, 2.75) is 25.3 Å². The highest BCUT2D eigenvalue weighted by molar-refractivity contribution is 6.11. The van der Waals surface area contributed by atoms with Gasteiger partial charge in [-0.1, -0.05) is 42.5 Å². The second-order valence-electron chi connectivity index (χ2n) is 8.72. The Morgan fingerprint density at radius 1 is 1.00 bits per heavy atom. The third-order valence-electron chi connectivity index (χ3n) is 6.44. The van der Waals surface area contributed by atoms with E-state index in [2.05, 4.69) is 10.6 Å². The van der Waals surface area contributed by atoms with Gasteiger partial charge in [0.1, 0.15) is 12.1 Å². The molecule has 0 aromatic heterocycles. The van der Waals surface area contributed by atoms with E-state index in [9.17, 15) is 19.2 Å². The Balaban J connectivity index is 1.30. The topological polar surface area (TPSA) is 98.8 Å². The number of urea groups is 1. The number of imide groups is 1. The number of hydrogen-bond donors (Lipinski definition) is 2. The van der Waals surface area contributed by atoms with E-state index < -0.39 is 29.9 Å². The molecule has 8 heteroatoms. The van der Waals surface area contributed by atoms with Crippen molar-refractivity contribution in [3.05, 3.63) is 72.3 Å². The summed E-state index contributed by atoms with van der Waals surface area (Å²) in [5.74, 6) is -0.882. The van der Waals surface area contributed by atoms with Gasteiger partial charge in [0.15, 0.2) is 0 Å². The standard InChI is InChI=1S/C26H24N4O4/c1-26(21-9-4-7-17-6-2-3-8-20(17)21)24(33)30(25(34)28-26)16-22(31)27-18-11-13-19(14-12-18)29-15-5-10-23(29)32/h2-4,6-9,11-14H,5,10,15-16H2,1H3,(H,27,31)(H,28,34)/t26-/m1/s1. The number of nitrogens with one attached hydrogen (secondary N) is 2. The molecule has 2 fully saturated rings. The Kier molecular flexibility index (Phi) is 5.28. The number of amides is 5. The van der Waals surface area contributed by atoms with Gasteiger partial charge in [0.2, 0.25) is 11.8 Å². The number of hydrogen-bond acceptors (Lipinski definition) is 4. The van der Waals surface area contributed by atoms with Crippen LogP contribution in [-0.4, -0.2) is 41.7 Å². The molecule has 0 aliphatic carbocycles. The normalized spacial score (nSPS) is 20.2. The number of nitrogens with zero attached hydrogens (tertiary/aromatic N) is 2. The zero-order valence-electron chi connectivity index (χ0n) is 18.7. The van der Waals surface area contributed by atoms with E-state index in [4.69, 9.17) is 0 Å². The van der Waals surface area contributed by atoms with Gasteiger partial charge >= 0.3 is 6.03 Å². The molecule has 5 rings (SSSR count). The first-order chi connectivity index (χ1) is 16.4. The Morgan fingerprint density at radius 2 is 1.74 bits per heavy atom. The fourth-order valence-corrected chi connectivity index (χ4v) is 4.67. The molecule has 8 nitrogen and oxygen atoms in total. The molecule has 2 saturated heterocycles. The van der Waals surface area contributed by atoms with E-state index in [1.807, 2.05) is 42.5 Å². The lowest BCUT2D eigenvalue weighted by atomic mass is 9.88. The molecule has 1 atom stereocenters. The van der Waals surface area contributed by atoms with Gasteiger partial charge in [-0.25, -0.2) is 4.79 Å². The van der Waals surface area contributed by atoms with Crippen LogP contribution in [0.15, 0.2) is 66.7 Å². The molecule has 0 radical (unpaired) electrons. The third-order valence-corrected chi connectivity index (χ3v) is 6.44. The summed E-state index contributed by atoms with van der Waals surface area (Å²) in [6, 6.07) is 19.6. The van der Waals surface area contributed by atoms with Crippen molar-refractivity contribution in [1.29, 1.82) is 0 Å². The van der Waals surface area contributed by atoms with Crippen LogP contribution in [0, 0.1) is 0 Å². The minimum atomic E-state index is -1.28. The van der Waals surface area contributed by atoms with Gasteiger partial charge in [0.05, 0.1) is 0 Å². The molecule has 2 heterocycles. The van der Waals surface area contributed by atoms with Crippen LogP contribution in [0.2, 0.25) is 0 Å². The monoisotopic (exact) mass is 456 g/mol. The van der Waals surface area contributed by atoms with Gasteiger partial charge in [-0.05, 0) is 53.9 Å². The Morgan fingerprint density at radius 3 is 2.47 bits per heavy atom. The third kappa shape index (κ3) is 3.67. The van der Waals surface area contributed by atoms with Crippen LogP contribution in [0.4, 0.5) is 16.2 Å². The fraction of sp³-hybridized carbons (Fsp3) is 0.231. The molecule has 0 spiro atoms. The summed E-state index contributed by atoms with van der Waals surface area (Å²) in [6.45, 7) is 1.94. The molecule has 172 valence electrons. The minimum absolute atomic E-state index is 0.0876. The highest BCUT2D eigenvalue weighted by Crippen LogP contribution is 2.33. The zero-order valence-corrected chi connectivity index (χ0v) is 18.7. The first-order valence-corrected chi connectivity index (χ1v) is 11.2. The van der Waals surface area contributed by atoms with Crippen molar-refractivity contribution < 1.29 is 19.2 Å². The second kappa shape index (κ2) is 8.30. The SMILES string of the molecule is C[C@]1(c2cccc3ccccc23)NC(=O)N(CC(=O)Nc2ccc(N3CCCC3=O)cc2)C1=O. The summed E-state index contributed by atoms with van der Waals surface area (Å²) in [5, 5.41) is 7.31. The van der Waals surface area contributed by atoms with Crippen LogP contribution in [0.3, 0.4) is 0 Å². The lowest BCUT2D eigenvalue weighted by molar-refractivity contribution is -0.133. The molecule has 3 aromatic rings. The van der Waals surface area contributed by atoms with Crippen molar-refractivity contribution in [2.24, 2.45) is 0 Å². The molecular formula is C26H24N4O4. The molecule has 34 heavy (non-hydrogen) atoms. The van der Waals surface area contributed by atoms with Crippen LogP contribution in [-0.2, 0) is 19.9 Å². The second-order valence-corrected chi connectivity index (χ2v) is 8.72. The van der Waals surface area contributed by atoms with Crippen LogP contribution >= 0.6 is 0 Å². The van der Waals surface area contributed by atoms with Gasteiger partial charge in [0, 0.05) is 24.3 Å². The Bertz CT molecular complexity index is 1310. The van der Waals surface area contributed by atoms with Crippen LogP contribution in [0.1, 0.15) is 25.3 Å². The molecule has 2 aliphatic heterocycles. The summed E-state index contributed by atoms with van der Waals surface area (Å²) in [6.07, 6.45) is 1.38. The van der Waals surface area contributed by atoms with Crippen LogP contribution in [0.5, 0.6) is 0 Å². The Hall–Kier alpha value is -4.20. The van der Waals surface area contributed by atoms with E-state index in [1.54, 1.807) is 36.1 Å². The van der Waals surface area contributed by atoms with Gasteiger partial charge in [-0.15, -0.1) is 0 Å². The van der Waals surface area contributed by atoms with E-state index >= 15 is 0 Å². The lowest BCUT2D eigenvalue weighted by Crippen LogP contribution is -2.42. The first-order valence-electron chi connectivity index (χ1n) is 11.2. The van der Waals surface area contributed by atoms with Gasteiger partial charge < -0.3 is 15.5 Å². The highest BCUT2D eigenvalue weighted by Gasteiger charge is 2.50. The number of fused-ring (bicyclic) bond motifs is 1. The number of carbonyl (C=O) groups is 4. The summed E-state index contributed by atoms with van der Waals surface area (Å²) in [5.41, 5.74) is 0.700. The predicted molar refractivity (Wildman–Crippen MR) is 128 cm³/mol. The maximum Gasteiger partial charge on any atom is 0.325 e. The average molecular weight is 457 g/mol. The van der Waals surface area contributed by atoms with E-state index in [-0.39, 0.29) is 5.91 Å². The van der Waals surface area contributed by atoms with Crippen molar-refractivity contribution >= 4 is 45.9 Å². The smallest absolute Gasteiger partial charge is 0.325 e. The molecule has 2 aliphatic rings. The zero-order chi connectivity index (χ0) is 23.9. The Labute approximate surface area is 196 Å². The quantitative estimate of drug-likeness (QED) is 0.575.